The van der Waals surface area contributed by atoms with E-state index in [4.69, 9.17) is 4.74 Å². The fourth-order valence-electron chi connectivity index (χ4n) is 2.22. The number of guanidine groups is 1. The van der Waals surface area contributed by atoms with Crippen LogP contribution < -0.4 is 16.0 Å². The number of aliphatic imine (C=N–C) groups is 1. The molecule has 1 saturated heterocycles. The molecule has 9 heteroatoms. The van der Waals surface area contributed by atoms with Gasteiger partial charge < -0.3 is 20.7 Å². The zero-order chi connectivity index (χ0) is 17.5. The van der Waals surface area contributed by atoms with Crippen LogP contribution in [-0.4, -0.2) is 44.7 Å². The lowest BCUT2D eigenvalue weighted by Crippen LogP contribution is -2.44. The molecule has 1 heterocycles. The van der Waals surface area contributed by atoms with Crippen LogP contribution in [0.3, 0.4) is 0 Å². The van der Waals surface area contributed by atoms with Crippen molar-refractivity contribution in [2.45, 2.75) is 18.9 Å². The van der Waals surface area contributed by atoms with Crippen LogP contribution in [0, 0.1) is 17.5 Å². The normalized spacial score (nSPS) is 17.7. The van der Waals surface area contributed by atoms with Crippen LogP contribution in [0.1, 0.15) is 12.8 Å². The first-order valence-electron chi connectivity index (χ1n) is 7.50. The van der Waals surface area contributed by atoms with Gasteiger partial charge in [-0.05, 0) is 25.0 Å². The van der Waals surface area contributed by atoms with Crippen LogP contribution in [0.2, 0.25) is 0 Å². The van der Waals surface area contributed by atoms with Crippen LogP contribution >= 0.6 is 0 Å². The summed E-state index contributed by atoms with van der Waals surface area (Å²) in [5.41, 5.74) is -0.428. The van der Waals surface area contributed by atoms with E-state index in [9.17, 15) is 18.0 Å². The van der Waals surface area contributed by atoms with Crippen molar-refractivity contribution in [1.82, 2.24) is 10.6 Å². The molecule has 1 fully saturated rings. The van der Waals surface area contributed by atoms with E-state index in [0.29, 0.717) is 12.5 Å². The summed E-state index contributed by atoms with van der Waals surface area (Å²) in [4.78, 5) is 15.7. The fourth-order valence-corrected chi connectivity index (χ4v) is 2.22. The van der Waals surface area contributed by atoms with Gasteiger partial charge in [-0.3, -0.25) is 9.79 Å². The molecular formula is C15H19F3N4O2. The molecule has 132 valence electrons. The summed E-state index contributed by atoms with van der Waals surface area (Å²) < 4.78 is 44.9. The molecule has 0 aromatic heterocycles. The summed E-state index contributed by atoms with van der Waals surface area (Å²) in [7, 11) is 1.54. The van der Waals surface area contributed by atoms with E-state index in [1.807, 2.05) is 0 Å². The lowest BCUT2D eigenvalue weighted by Gasteiger charge is -2.15. The van der Waals surface area contributed by atoms with Gasteiger partial charge in [-0.2, -0.15) is 0 Å². The minimum Gasteiger partial charge on any atom is -0.376 e. The molecule has 6 nitrogen and oxygen atoms in total. The van der Waals surface area contributed by atoms with Gasteiger partial charge in [0, 0.05) is 20.2 Å². The number of rotatable bonds is 5. The van der Waals surface area contributed by atoms with E-state index in [1.165, 1.54) is 7.05 Å². The van der Waals surface area contributed by atoms with Crippen molar-refractivity contribution in [2.24, 2.45) is 4.99 Å². The number of amides is 1. The Morgan fingerprint density at radius 3 is 2.75 bits per heavy atom. The zero-order valence-electron chi connectivity index (χ0n) is 13.2. The first-order chi connectivity index (χ1) is 11.5. The molecule has 1 atom stereocenters. The van der Waals surface area contributed by atoms with Crippen molar-refractivity contribution in [3.05, 3.63) is 29.6 Å². The second kappa shape index (κ2) is 8.53. The van der Waals surface area contributed by atoms with Crippen molar-refractivity contribution in [3.8, 4) is 0 Å². The van der Waals surface area contributed by atoms with Crippen LogP contribution in [0.4, 0.5) is 18.9 Å². The Kier molecular flexibility index (Phi) is 6.42. The second-order valence-electron chi connectivity index (χ2n) is 5.21. The summed E-state index contributed by atoms with van der Waals surface area (Å²) in [6, 6.07) is 1.69. The zero-order valence-corrected chi connectivity index (χ0v) is 13.2. The van der Waals surface area contributed by atoms with Crippen molar-refractivity contribution in [2.75, 3.05) is 32.1 Å². The molecule has 1 aromatic carbocycles. The Labute approximate surface area is 137 Å². The van der Waals surface area contributed by atoms with Gasteiger partial charge in [0.2, 0.25) is 5.91 Å². The van der Waals surface area contributed by atoms with E-state index in [0.717, 1.165) is 31.6 Å². The number of carbonyl (C=O) groups excluding carboxylic acids is 1. The molecule has 1 unspecified atom stereocenters. The van der Waals surface area contributed by atoms with Gasteiger partial charge in [0.15, 0.2) is 23.4 Å². The highest BCUT2D eigenvalue weighted by molar-refractivity contribution is 5.95. The standard InChI is InChI=1S/C15H19F3N4O2/c1-19-15(20-7-9-3-2-6-24-9)21-8-12(23)22-11-5-4-10(16)13(17)14(11)18/h4-5,9H,2-3,6-8H2,1H3,(H,22,23)(H2,19,20,21). The second-order valence-corrected chi connectivity index (χ2v) is 5.21. The molecule has 1 aliphatic rings. The largest absolute Gasteiger partial charge is 0.376 e. The quantitative estimate of drug-likeness (QED) is 0.429. The highest BCUT2D eigenvalue weighted by Gasteiger charge is 2.17. The number of nitrogens with one attached hydrogen (secondary N) is 3. The summed E-state index contributed by atoms with van der Waals surface area (Å²) in [5.74, 6) is -4.63. The number of ether oxygens (including phenoxy) is 1. The van der Waals surface area contributed by atoms with Crippen molar-refractivity contribution < 1.29 is 22.7 Å². The molecule has 1 amide bonds. The van der Waals surface area contributed by atoms with Gasteiger partial charge in [0.05, 0.1) is 18.3 Å². The van der Waals surface area contributed by atoms with Crippen molar-refractivity contribution in [1.29, 1.82) is 0 Å². The third kappa shape index (κ3) is 4.85. The third-order valence-corrected chi connectivity index (χ3v) is 3.47. The molecule has 0 bridgehead atoms. The monoisotopic (exact) mass is 344 g/mol. The van der Waals surface area contributed by atoms with Crippen molar-refractivity contribution >= 4 is 17.6 Å². The van der Waals surface area contributed by atoms with E-state index in [2.05, 4.69) is 20.9 Å². The summed E-state index contributed by atoms with van der Waals surface area (Å²) in [6.07, 6.45) is 2.08. The van der Waals surface area contributed by atoms with E-state index >= 15 is 0 Å². The Bertz CT molecular complexity index is 619. The minimum atomic E-state index is -1.63. The van der Waals surface area contributed by atoms with E-state index in [-0.39, 0.29) is 12.6 Å². The molecule has 1 aromatic rings. The topological polar surface area (TPSA) is 74.8 Å². The number of hydrogen-bond acceptors (Lipinski definition) is 3. The summed E-state index contributed by atoms with van der Waals surface area (Å²) in [6.45, 7) is 1.07. The van der Waals surface area contributed by atoms with Gasteiger partial charge >= 0.3 is 0 Å². The summed E-state index contributed by atoms with van der Waals surface area (Å²) >= 11 is 0. The molecule has 0 radical (unpaired) electrons. The summed E-state index contributed by atoms with van der Waals surface area (Å²) in [5, 5.41) is 7.91. The first-order valence-corrected chi connectivity index (χ1v) is 7.50. The number of hydrogen-bond donors (Lipinski definition) is 3. The number of nitrogens with zero attached hydrogens (tertiary/aromatic N) is 1. The Hall–Kier alpha value is -2.29. The first kappa shape index (κ1) is 18.1. The molecule has 0 spiro atoms. The predicted molar refractivity (Wildman–Crippen MR) is 83.3 cm³/mol. The molecule has 1 aliphatic heterocycles. The lowest BCUT2D eigenvalue weighted by atomic mass is 10.2. The SMILES string of the molecule is CN=C(NCC(=O)Nc1ccc(F)c(F)c1F)NCC1CCCO1. The van der Waals surface area contributed by atoms with Gasteiger partial charge in [0.25, 0.3) is 0 Å². The third-order valence-electron chi connectivity index (χ3n) is 3.47. The maximum atomic E-state index is 13.5. The number of carbonyl (C=O) groups is 1. The molecule has 24 heavy (non-hydrogen) atoms. The Balaban J connectivity index is 1.80. The number of halogens is 3. The highest BCUT2D eigenvalue weighted by Crippen LogP contribution is 2.19. The molecule has 3 N–H and O–H groups in total. The lowest BCUT2D eigenvalue weighted by molar-refractivity contribution is -0.115. The average Bonchev–Trinajstić information content (AvgIpc) is 3.09. The van der Waals surface area contributed by atoms with Gasteiger partial charge in [-0.25, -0.2) is 13.2 Å². The molecule has 2 rings (SSSR count). The maximum absolute atomic E-state index is 13.5. The maximum Gasteiger partial charge on any atom is 0.243 e. The Morgan fingerprint density at radius 1 is 1.29 bits per heavy atom. The van der Waals surface area contributed by atoms with Crippen LogP contribution in [-0.2, 0) is 9.53 Å². The molecular weight excluding hydrogens is 325 g/mol. The van der Waals surface area contributed by atoms with Gasteiger partial charge in [-0.1, -0.05) is 0 Å². The van der Waals surface area contributed by atoms with Crippen molar-refractivity contribution in [3.63, 3.8) is 0 Å². The van der Waals surface area contributed by atoms with Crippen LogP contribution in [0.15, 0.2) is 17.1 Å². The molecule has 0 saturated carbocycles. The smallest absolute Gasteiger partial charge is 0.243 e. The highest BCUT2D eigenvalue weighted by atomic mass is 19.2. The fraction of sp³-hybridized carbons (Fsp3) is 0.467. The Morgan fingerprint density at radius 2 is 2.08 bits per heavy atom. The number of anilines is 1. The minimum absolute atomic E-state index is 0.105. The van der Waals surface area contributed by atoms with E-state index < -0.39 is 29.0 Å². The predicted octanol–water partition coefficient (Wildman–Crippen LogP) is 1.39. The average molecular weight is 344 g/mol. The molecule has 0 aliphatic carbocycles. The van der Waals surface area contributed by atoms with Crippen LogP contribution in [0.5, 0.6) is 0 Å². The van der Waals surface area contributed by atoms with Gasteiger partial charge in [-0.15, -0.1) is 0 Å². The van der Waals surface area contributed by atoms with Crippen LogP contribution in [0.25, 0.3) is 0 Å². The van der Waals surface area contributed by atoms with E-state index in [1.54, 1.807) is 0 Å². The van der Waals surface area contributed by atoms with Gasteiger partial charge in [0.1, 0.15) is 0 Å². The number of benzene rings is 1.